The first-order valence-corrected chi connectivity index (χ1v) is 7.98. The van der Waals surface area contributed by atoms with Gasteiger partial charge in [-0.2, -0.15) is 0 Å². The Kier molecular flexibility index (Phi) is 3.10. The molecule has 2 amide bonds. The Balaban J connectivity index is 1.73. The Morgan fingerprint density at radius 1 is 1.27 bits per heavy atom. The number of carbonyl (C=O) groups is 2. The summed E-state index contributed by atoms with van der Waals surface area (Å²) in [7, 11) is 0. The van der Waals surface area contributed by atoms with Crippen molar-refractivity contribution in [1.82, 2.24) is 4.90 Å². The topological polar surface area (TPSA) is 49.9 Å². The molecule has 116 valence electrons. The molecule has 1 aromatic rings. The average molecular weight is 300 g/mol. The summed E-state index contributed by atoms with van der Waals surface area (Å²) in [4.78, 5) is 28.3. The third kappa shape index (κ3) is 2.25. The summed E-state index contributed by atoms with van der Waals surface area (Å²) in [6.45, 7) is 3.71. The summed E-state index contributed by atoms with van der Waals surface area (Å²) in [5.41, 5.74) is 3.04. The van der Waals surface area contributed by atoms with Gasteiger partial charge in [0.2, 0.25) is 5.91 Å². The van der Waals surface area contributed by atoms with E-state index >= 15 is 0 Å². The zero-order valence-corrected chi connectivity index (χ0v) is 12.7. The lowest BCUT2D eigenvalue weighted by Crippen LogP contribution is -2.42. The number of hydrogen-bond acceptors (Lipinski definition) is 3. The highest BCUT2D eigenvalue weighted by Gasteiger charge is 2.39. The summed E-state index contributed by atoms with van der Waals surface area (Å²) in [6.07, 6.45) is 2.55. The van der Waals surface area contributed by atoms with E-state index in [1.54, 1.807) is 4.90 Å². The number of aryl methyl sites for hydroxylation is 1. The van der Waals surface area contributed by atoms with E-state index in [9.17, 15) is 9.59 Å². The van der Waals surface area contributed by atoms with Gasteiger partial charge >= 0.3 is 6.09 Å². The van der Waals surface area contributed by atoms with Gasteiger partial charge in [0, 0.05) is 19.0 Å². The Morgan fingerprint density at radius 2 is 2.09 bits per heavy atom. The molecule has 2 aliphatic heterocycles. The first kappa shape index (κ1) is 13.6. The van der Waals surface area contributed by atoms with Crippen LogP contribution >= 0.6 is 0 Å². The largest absolute Gasteiger partial charge is 0.447 e. The lowest BCUT2D eigenvalue weighted by Gasteiger charge is -2.32. The molecule has 1 aromatic carbocycles. The van der Waals surface area contributed by atoms with E-state index in [0.29, 0.717) is 19.7 Å². The van der Waals surface area contributed by atoms with Crippen LogP contribution in [0.5, 0.6) is 0 Å². The molecule has 1 atom stereocenters. The number of amides is 2. The Morgan fingerprint density at radius 3 is 2.86 bits per heavy atom. The second kappa shape index (κ2) is 5.00. The van der Waals surface area contributed by atoms with Crippen LogP contribution in [0.3, 0.4) is 0 Å². The SMILES string of the molecule is Cc1ccc2c(c1)N1C(=O)OCC1CCN(C(=O)C1CC1)C2. The number of nitrogens with zero attached hydrogens (tertiary/aromatic N) is 2. The van der Waals surface area contributed by atoms with E-state index in [1.165, 1.54) is 0 Å². The van der Waals surface area contributed by atoms with Crippen LogP contribution in [0.2, 0.25) is 0 Å². The first-order valence-electron chi connectivity index (χ1n) is 7.98. The van der Waals surface area contributed by atoms with Crippen molar-refractivity contribution in [2.24, 2.45) is 5.92 Å². The first-order chi connectivity index (χ1) is 10.6. The molecule has 22 heavy (non-hydrogen) atoms. The van der Waals surface area contributed by atoms with Crippen LogP contribution in [-0.4, -0.2) is 36.1 Å². The van der Waals surface area contributed by atoms with E-state index in [0.717, 1.165) is 36.1 Å². The minimum absolute atomic E-state index is 0.0304. The molecule has 1 saturated heterocycles. The molecule has 1 aliphatic carbocycles. The zero-order valence-electron chi connectivity index (χ0n) is 12.7. The zero-order chi connectivity index (χ0) is 15.3. The highest BCUT2D eigenvalue weighted by atomic mass is 16.6. The fraction of sp³-hybridized carbons (Fsp3) is 0.529. The highest BCUT2D eigenvalue weighted by Crippen LogP contribution is 2.35. The molecular formula is C17H20N2O3. The maximum Gasteiger partial charge on any atom is 0.414 e. The van der Waals surface area contributed by atoms with Crippen molar-refractivity contribution in [2.45, 2.75) is 38.8 Å². The minimum atomic E-state index is -0.265. The Bertz CT molecular complexity index is 639. The van der Waals surface area contributed by atoms with Crippen molar-refractivity contribution in [3.05, 3.63) is 29.3 Å². The molecule has 2 fully saturated rings. The molecule has 0 radical (unpaired) electrons. The fourth-order valence-electron chi connectivity index (χ4n) is 3.37. The van der Waals surface area contributed by atoms with Gasteiger partial charge in [-0.05, 0) is 43.4 Å². The monoisotopic (exact) mass is 300 g/mol. The van der Waals surface area contributed by atoms with Crippen molar-refractivity contribution in [3.8, 4) is 0 Å². The lowest BCUT2D eigenvalue weighted by molar-refractivity contribution is -0.133. The fourth-order valence-corrected chi connectivity index (χ4v) is 3.37. The van der Waals surface area contributed by atoms with Gasteiger partial charge in [0.15, 0.2) is 0 Å². The number of rotatable bonds is 1. The van der Waals surface area contributed by atoms with Crippen LogP contribution < -0.4 is 4.90 Å². The second-order valence-electron chi connectivity index (χ2n) is 6.56. The predicted molar refractivity (Wildman–Crippen MR) is 81.6 cm³/mol. The van der Waals surface area contributed by atoms with Crippen molar-refractivity contribution >= 4 is 17.7 Å². The molecule has 3 aliphatic rings. The Hall–Kier alpha value is -2.04. The van der Waals surface area contributed by atoms with Crippen LogP contribution in [0.4, 0.5) is 10.5 Å². The third-order valence-corrected chi connectivity index (χ3v) is 4.79. The Labute approximate surface area is 129 Å². The van der Waals surface area contributed by atoms with Crippen LogP contribution in [0.25, 0.3) is 0 Å². The van der Waals surface area contributed by atoms with Gasteiger partial charge in [0.1, 0.15) is 6.61 Å². The molecule has 0 bridgehead atoms. The van der Waals surface area contributed by atoms with Crippen molar-refractivity contribution in [1.29, 1.82) is 0 Å². The molecular weight excluding hydrogens is 280 g/mol. The highest BCUT2D eigenvalue weighted by molar-refractivity contribution is 5.91. The van der Waals surface area contributed by atoms with Gasteiger partial charge in [-0.15, -0.1) is 0 Å². The molecule has 0 N–H and O–H groups in total. The molecule has 1 unspecified atom stereocenters. The van der Waals surface area contributed by atoms with Crippen LogP contribution in [0.1, 0.15) is 30.4 Å². The van der Waals surface area contributed by atoms with Crippen LogP contribution in [-0.2, 0) is 16.1 Å². The summed E-state index contributed by atoms with van der Waals surface area (Å²) < 4.78 is 5.25. The molecule has 2 heterocycles. The van der Waals surface area contributed by atoms with Crippen LogP contribution in [0.15, 0.2) is 18.2 Å². The van der Waals surface area contributed by atoms with E-state index < -0.39 is 0 Å². The quantitative estimate of drug-likeness (QED) is 0.800. The number of fused-ring (bicyclic) bond motifs is 3. The van der Waals surface area contributed by atoms with Gasteiger partial charge in [0.05, 0.1) is 11.7 Å². The van der Waals surface area contributed by atoms with E-state index in [-0.39, 0.29) is 24.0 Å². The number of hydrogen-bond donors (Lipinski definition) is 0. The number of benzene rings is 1. The second-order valence-corrected chi connectivity index (χ2v) is 6.56. The smallest absolute Gasteiger partial charge is 0.414 e. The molecule has 5 heteroatoms. The van der Waals surface area contributed by atoms with Gasteiger partial charge in [-0.25, -0.2) is 4.79 Å². The van der Waals surface area contributed by atoms with Gasteiger partial charge in [0.25, 0.3) is 0 Å². The number of carbonyl (C=O) groups excluding carboxylic acids is 2. The van der Waals surface area contributed by atoms with Gasteiger partial charge in [-0.1, -0.05) is 12.1 Å². The molecule has 5 nitrogen and oxygen atoms in total. The minimum Gasteiger partial charge on any atom is -0.447 e. The summed E-state index contributed by atoms with van der Waals surface area (Å²) >= 11 is 0. The predicted octanol–water partition coefficient (Wildman–Crippen LogP) is 2.46. The van der Waals surface area contributed by atoms with Gasteiger partial charge in [-0.3, -0.25) is 9.69 Å². The molecule has 0 aromatic heterocycles. The maximum absolute atomic E-state index is 12.5. The molecule has 1 saturated carbocycles. The number of ether oxygens (including phenoxy) is 1. The average Bonchev–Trinajstić information content (AvgIpc) is 3.26. The maximum atomic E-state index is 12.5. The van der Waals surface area contributed by atoms with Gasteiger partial charge < -0.3 is 9.64 Å². The standard InChI is InChI=1S/C17H20N2O3/c1-11-2-3-13-9-18(16(20)12-4-5-12)7-6-14-10-22-17(21)19(14)15(13)8-11/h2-3,8,12,14H,4-7,9-10H2,1H3. The van der Waals surface area contributed by atoms with Crippen LogP contribution in [0, 0.1) is 12.8 Å². The number of anilines is 1. The van der Waals surface area contributed by atoms with E-state index in [2.05, 4.69) is 0 Å². The molecule has 4 rings (SSSR count). The molecule has 0 spiro atoms. The van der Waals surface area contributed by atoms with Crippen molar-refractivity contribution in [2.75, 3.05) is 18.1 Å². The number of cyclic esters (lactones) is 1. The lowest BCUT2D eigenvalue weighted by atomic mass is 10.0. The third-order valence-electron chi connectivity index (χ3n) is 4.79. The van der Waals surface area contributed by atoms with Crippen molar-refractivity contribution < 1.29 is 14.3 Å². The van der Waals surface area contributed by atoms with Crippen molar-refractivity contribution in [3.63, 3.8) is 0 Å². The summed E-state index contributed by atoms with van der Waals surface area (Å²) in [6, 6.07) is 6.13. The van der Waals surface area contributed by atoms with E-state index in [1.807, 2.05) is 30.0 Å². The normalized spacial score (nSPS) is 24.2. The summed E-state index contributed by atoms with van der Waals surface area (Å²) in [5.74, 6) is 0.496. The summed E-state index contributed by atoms with van der Waals surface area (Å²) in [5, 5.41) is 0. The van der Waals surface area contributed by atoms with E-state index in [4.69, 9.17) is 4.74 Å².